The zero-order chi connectivity index (χ0) is 12.2. The average Bonchev–Trinajstić information content (AvgIpc) is 2.72. The average molecular weight is 238 g/mol. The lowest BCUT2D eigenvalue weighted by molar-refractivity contribution is -0.147. The zero-order valence-corrected chi connectivity index (χ0v) is 10.1. The van der Waals surface area contributed by atoms with Crippen LogP contribution < -0.4 is 0 Å². The summed E-state index contributed by atoms with van der Waals surface area (Å²) in [5.74, 6) is -1.09. The lowest BCUT2D eigenvalue weighted by Gasteiger charge is -2.30. The first kappa shape index (κ1) is 12.7. The van der Waals surface area contributed by atoms with Crippen molar-refractivity contribution in [2.45, 2.75) is 25.4 Å². The van der Waals surface area contributed by atoms with E-state index in [9.17, 15) is 4.79 Å². The predicted octanol–water partition coefficient (Wildman–Crippen LogP) is 1.94. The second-order valence-corrected chi connectivity index (χ2v) is 4.60. The Morgan fingerprint density at radius 3 is 2.81 bits per heavy atom. The summed E-state index contributed by atoms with van der Waals surface area (Å²) in [6, 6.07) is 5.75. The predicted molar refractivity (Wildman–Crippen MR) is 62.1 cm³/mol. The summed E-state index contributed by atoms with van der Waals surface area (Å²) in [7, 11) is 1.67. The van der Waals surface area contributed by atoms with Crippen LogP contribution in [0, 0.1) is 11.3 Å². The van der Waals surface area contributed by atoms with E-state index in [2.05, 4.69) is 0 Å². The first-order chi connectivity index (χ1) is 7.56. The number of carbonyl (C=O) groups is 1. The molecule has 0 fully saturated rings. The van der Waals surface area contributed by atoms with E-state index in [1.807, 2.05) is 23.6 Å². The molecule has 0 aliphatic heterocycles. The fraction of sp³-hybridized carbons (Fsp3) is 0.455. The van der Waals surface area contributed by atoms with Crippen molar-refractivity contribution in [3.8, 4) is 6.07 Å². The van der Waals surface area contributed by atoms with Gasteiger partial charge in [-0.05, 0) is 24.9 Å². The Balaban J connectivity index is 2.88. The maximum atomic E-state index is 11.2. The van der Waals surface area contributed by atoms with Crippen molar-refractivity contribution in [1.82, 2.24) is 4.90 Å². The monoisotopic (exact) mass is 238 g/mol. The van der Waals surface area contributed by atoms with E-state index in [1.54, 1.807) is 30.2 Å². The smallest absolute Gasteiger partial charge is 0.339 e. The number of carboxylic acids is 1. The van der Waals surface area contributed by atoms with Gasteiger partial charge in [0.25, 0.3) is 0 Å². The van der Waals surface area contributed by atoms with Gasteiger partial charge in [-0.15, -0.1) is 11.3 Å². The topological polar surface area (TPSA) is 64.3 Å². The first-order valence-corrected chi connectivity index (χ1v) is 5.83. The Bertz CT molecular complexity index is 397. The van der Waals surface area contributed by atoms with Gasteiger partial charge in [0.15, 0.2) is 0 Å². The quantitative estimate of drug-likeness (QED) is 0.851. The van der Waals surface area contributed by atoms with Gasteiger partial charge in [-0.2, -0.15) is 5.26 Å². The standard InChI is InChI=1S/C11H14N2O2S/c1-3-11(8-12,10(14)15)13(2)7-9-5-4-6-16-9/h4-6H,3,7H2,1-2H3,(H,14,15). The number of aliphatic carboxylic acids is 1. The molecule has 1 atom stereocenters. The molecule has 0 amide bonds. The molecule has 1 aromatic rings. The Labute approximate surface area is 98.7 Å². The van der Waals surface area contributed by atoms with Gasteiger partial charge in [0.2, 0.25) is 5.54 Å². The Kier molecular flexibility index (Phi) is 4.05. The van der Waals surface area contributed by atoms with E-state index in [0.717, 1.165) is 4.88 Å². The van der Waals surface area contributed by atoms with E-state index < -0.39 is 11.5 Å². The molecule has 1 heterocycles. The van der Waals surface area contributed by atoms with Crippen molar-refractivity contribution in [2.24, 2.45) is 0 Å². The van der Waals surface area contributed by atoms with Gasteiger partial charge in [0, 0.05) is 11.4 Å². The van der Waals surface area contributed by atoms with Gasteiger partial charge in [-0.25, -0.2) is 4.79 Å². The van der Waals surface area contributed by atoms with Crippen LogP contribution in [0.2, 0.25) is 0 Å². The van der Waals surface area contributed by atoms with Gasteiger partial charge in [-0.3, -0.25) is 4.90 Å². The summed E-state index contributed by atoms with van der Waals surface area (Å²) < 4.78 is 0. The van der Waals surface area contributed by atoms with Crippen LogP contribution in [0.5, 0.6) is 0 Å². The largest absolute Gasteiger partial charge is 0.479 e. The fourth-order valence-electron chi connectivity index (χ4n) is 1.57. The van der Waals surface area contributed by atoms with E-state index >= 15 is 0 Å². The molecule has 0 bridgehead atoms. The van der Waals surface area contributed by atoms with Gasteiger partial charge in [-0.1, -0.05) is 13.0 Å². The van der Waals surface area contributed by atoms with Gasteiger partial charge < -0.3 is 5.11 Å². The second kappa shape index (κ2) is 5.10. The van der Waals surface area contributed by atoms with Gasteiger partial charge in [0.1, 0.15) is 0 Å². The first-order valence-electron chi connectivity index (χ1n) is 4.95. The summed E-state index contributed by atoms with van der Waals surface area (Å²) in [5, 5.41) is 20.2. The molecule has 1 unspecified atom stereocenters. The normalized spacial score (nSPS) is 14.4. The number of hydrogen-bond donors (Lipinski definition) is 1. The van der Waals surface area contributed by atoms with Gasteiger partial charge >= 0.3 is 5.97 Å². The molecule has 0 aliphatic carbocycles. The molecular formula is C11H14N2O2S. The molecule has 1 aromatic heterocycles. The highest BCUT2D eigenvalue weighted by atomic mass is 32.1. The third kappa shape index (κ3) is 2.23. The molecule has 0 saturated heterocycles. The molecule has 5 heteroatoms. The third-order valence-electron chi connectivity index (χ3n) is 2.68. The SMILES string of the molecule is CCC(C#N)(C(=O)O)N(C)Cc1cccs1. The van der Waals surface area contributed by atoms with Crippen LogP contribution in [-0.2, 0) is 11.3 Å². The van der Waals surface area contributed by atoms with E-state index in [0.29, 0.717) is 6.54 Å². The van der Waals surface area contributed by atoms with Crippen molar-refractivity contribution in [1.29, 1.82) is 5.26 Å². The number of hydrogen-bond acceptors (Lipinski definition) is 4. The molecule has 1 rings (SSSR count). The van der Waals surface area contributed by atoms with Crippen LogP contribution in [-0.4, -0.2) is 28.6 Å². The lowest BCUT2D eigenvalue weighted by Crippen LogP contribution is -2.50. The van der Waals surface area contributed by atoms with Crippen LogP contribution in [0.4, 0.5) is 0 Å². The molecule has 16 heavy (non-hydrogen) atoms. The maximum Gasteiger partial charge on any atom is 0.339 e. The third-order valence-corrected chi connectivity index (χ3v) is 3.54. The van der Waals surface area contributed by atoms with Crippen LogP contribution in [0.25, 0.3) is 0 Å². The molecule has 0 saturated carbocycles. The molecule has 1 N–H and O–H groups in total. The minimum atomic E-state index is -1.43. The van der Waals surface area contributed by atoms with E-state index in [-0.39, 0.29) is 6.42 Å². The number of nitriles is 1. The van der Waals surface area contributed by atoms with Crippen LogP contribution in [0.15, 0.2) is 17.5 Å². The van der Waals surface area contributed by atoms with E-state index in [1.165, 1.54) is 0 Å². The molecule has 86 valence electrons. The number of nitrogens with zero attached hydrogens (tertiary/aromatic N) is 2. The van der Waals surface area contributed by atoms with Crippen molar-refractivity contribution in [2.75, 3.05) is 7.05 Å². The molecular weight excluding hydrogens is 224 g/mol. The molecule has 0 radical (unpaired) electrons. The summed E-state index contributed by atoms with van der Waals surface area (Å²) >= 11 is 1.56. The summed E-state index contributed by atoms with van der Waals surface area (Å²) in [6.07, 6.45) is 0.265. The Hall–Kier alpha value is -1.38. The van der Waals surface area contributed by atoms with Crippen LogP contribution in [0.3, 0.4) is 0 Å². The number of rotatable bonds is 5. The van der Waals surface area contributed by atoms with Crippen molar-refractivity contribution in [3.05, 3.63) is 22.4 Å². The van der Waals surface area contributed by atoms with Crippen molar-refractivity contribution >= 4 is 17.3 Å². The summed E-state index contributed by atoms with van der Waals surface area (Å²) in [4.78, 5) is 13.8. The summed E-state index contributed by atoms with van der Waals surface area (Å²) in [6.45, 7) is 2.19. The Morgan fingerprint density at radius 1 is 1.75 bits per heavy atom. The van der Waals surface area contributed by atoms with E-state index in [4.69, 9.17) is 10.4 Å². The fourth-order valence-corrected chi connectivity index (χ4v) is 2.33. The number of carboxylic acid groups (broad SMARTS) is 1. The lowest BCUT2D eigenvalue weighted by atomic mass is 9.96. The molecule has 0 aliphatic rings. The molecule has 0 aromatic carbocycles. The van der Waals surface area contributed by atoms with Crippen molar-refractivity contribution in [3.63, 3.8) is 0 Å². The van der Waals surface area contributed by atoms with Crippen LogP contribution in [0.1, 0.15) is 18.2 Å². The molecule has 4 nitrogen and oxygen atoms in total. The van der Waals surface area contributed by atoms with Gasteiger partial charge in [0.05, 0.1) is 6.07 Å². The number of thiophene rings is 1. The number of likely N-dealkylation sites (N-methyl/N-ethyl adjacent to an activating group) is 1. The Morgan fingerprint density at radius 2 is 2.44 bits per heavy atom. The zero-order valence-electron chi connectivity index (χ0n) is 9.30. The minimum absolute atomic E-state index is 0.265. The maximum absolute atomic E-state index is 11.2. The highest BCUT2D eigenvalue weighted by Gasteiger charge is 2.41. The highest BCUT2D eigenvalue weighted by Crippen LogP contribution is 2.22. The molecule has 0 spiro atoms. The minimum Gasteiger partial charge on any atom is -0.479 e. The van der Waals surface area contributed by atoms with Crippen LogP contribution >= 0.6 is 11.3 Å². The van der Waals surface area contributed by atoms with Crippen molar-refractivity contribution < 1.29 is 9.90 Å². The summed E-state index contributed by atoms with van der Waals surface area (Å²) in [5.41, 5.74) is -1.43. The highest BCUT2D eigenvalue weighted by molar-refractivity contribution is 7.09. The second-order valence-electron chi connectivity index (χ2n) is 3.57.